The minimum absolute atomic E-state index is 0.109. The zero-order valence-corrected chi connectivity index (χ0v) is 18.6. The van der Waals surface area contributed by atoms with Crippen LogP contribution in [0.3, 0.4) is 0 Å². The summed E-state index contributed by atoms with van der Waals surface area (Å²) >= 11 is 0. The molecule has 6 nitrogen and oxygen atoms in total. The smallest absolute Gasteiger partial charge is 0.290 e. The van der Waals surface area contributed by atoms with E-state index >= 15 is 0 Å². The van der Waals surface area contributed by atoms with Crippen molar-refractivity contribution in [1.29, 1.82) is 0 Å². The number of carbonyl (C=O) groups excluding carboxylic acids is 1. The maximum atomic E-state index is 13.5. The van der Waals surface area contributed by atoms with Crippen molar-refractivity contribution in [1.82, 2.24) is 4.90 Å². The summed E-state index contributed by atoms with van der Waals surface area (Å²) in [6.45, 7) is 8.92. The van der Waals surface area contributed by atoms with Crippen molar-refractivity contribution in [3.63, 3.8) is 0 Å². The average molecular weight is 421 g/mol. The number of hydrogen-bond donors (Lipinski definition) is 0. The minimum Gasteiger partial charge on any atom is -0.490 e. The normalized spacial score (nSPS) is 15.5. The fourth-order valence-corrected chi connectivity index (χ4v) is 4.03. The quantitative estimate of drug-likeness (QED) is 0.573. The number of aryl methyl sites for hydroxylation is 2. The predicted octanol–water partition coefficient (Wildman–Crippen LogP) is 4.77. The van der Waals surface area contributed by atoms with Gasteiger partial charge in [-0.2, -0.15) is 0 Å². The third kappa shape index (κ3) is 3.46. The maximum absolute atomic E-state index is 13.5. The fraction of sp³-hybridized carbons (Fsp3) is 0.360. The van der Waals surface area contributed by atoms with Crippen LogP contribution in [0, 0.1) is 13.8 Å². The number of hydrogen-bond acceptors (Lipinski definition) is 5. The van der Waals surface area contributed by atoms with Gasteiger partial charge < -0.3 is 18.8 Å². The molecule has 0 saturated heterocycles. The first-order chi connectivity index (χ1) is 14.9. The number of fused-ring (bicyclic) bond motifs is 2. The molecule has 162 valence electrons. The van der Waals surface area contributed by atoms with E-state index in [9.17, 15) is 9.59 Å². The van der Waals surface area contributed by atoms with E-state index < -0.39 is 6.04 Å². The van der Waals surface area contributed by atoms with Gasteiger partial charge in [-0.05, 0) is 68.1 Å². The average Bonchev–Trinajstić information content (AvgIpc) is 3.00. The molecule has 6 heteroatoms. The van der Waals surface area contributed by atoms with E-state index in [0.717, 1.165) is 23.1 Å². The molecule has 1 aliphatic rings. The van der Waals surface area contributed by atoms with Crippen molar-refractivity contribution < 1.29 is 18.7 Å². The van der Waals surface area contributed by atoms with Gasteiger partial charge in [-0.15, -0.1) is 0 Å². The molecular formula is C25H27NO5. The Balaban J connectivity index is 1.89. The van der Waals surface area contributed by atoms with Gasteiger partial charge in [-0.1, -0.05) is 13.0 Å². The second kappa shape index (κ2) is 8.10. The molecule has 2 heterocycles. The lowest BCUT2D eigenvalue weighted by Gasteiger charge is -2.22. The first-order valence-corrected chi connectivity index (χ1v) is 10.6. The van der Waals surface area contributed by atoms with Crippen LogP contribution in [0.5, 0.6) is 11.5 Å². The Morgan fingerprint density at radius 2 is 1.74 bits per heavy atom. The van der Waals surface area contributed by atoms with Crippen LogP contribution in [0.4, 0.5) is 0 Å². The Bertz CT molecular complexity index is 1230. The molecule has 1 atom stereocenters. The summed E-state index contributed by atoms with van der Waals surface area (Å²) in [5.74, 6) is 1.05. The lowest BCUT2D eigenvalue weighted by atomic mass is 9.97. The standard InChI is InChI=1S/C25H27NO5/c1-6-10-30-18-9-8-16(13-20(18)29-7-2)22-21-23(27)17-11-14(3)15(4)12-19(17)31-24(21)25(28)26(22)5/h8-9,11-13,22H,6-7,10H2,1-5H3. The first kappa shape index (κ1) is 21.0. The molecule has 0 aliphatic carbocycles. The third-order valence-electron chi connectivity index (χ3n) is 5.76. The van der Waals surface area contributed by atoms with Crippen LogP contribution in [0.15, 0.2) is 39.5 Å². The highest BCUT2D eigenvalue weighted by Gasteiger charge is 2.41. The molecule has 0 saturated carbocycles. The largest absolute Gasteiger partial charge is 0.490 e. The molecule has 1 amide bonds. The van der Waals surface area contributed by atoms with Crippen molar-refractivity contribution in [2.75, 3.05) is 20.3 Å². The number of rotatable bonds is 6. The summed E-state index contributed by atoms with van der Waals surface area (Å²) in [5, 5.41) is 0.489. The summed E-state index contributed by atoms with van der Waals surface area (Å²) in [6.07, 6.45) is 0.883. The molecule has 0 radical (unpaired) electrons. The highest BCUT2D eigenvalue weighted by atomic mass is 16.5. The van der Waals surface area contributed by atoms with Gasteiger partial charge in [0.2, 0.25) is 5.76 Å². The van der Waals surface area contributed by atoms with Gasteiger partial charge in [0.25, 0.3) is 5.91 Å². The van der Waals surface area contributed by atoms with Crippen LogP contribution < -0.4 is 14.9 Å². The Labute approximate surface area is 181 Å². The van der Waals surface area contributed by atoms with Crippen LogP contribution in [0.1, 0.15) is 59.1 Å². The Morgan fingerprint density at radius 1 is 1.00 bits per heavy atom. The molecule has 1 aliphatic heterocycles. The van der Waals surface area contributed by atoms with E-state index in [-0.39, 0.29) is 17.1 Å². The predicted molar refractivity (Wildman–Crippen MR) is 119 cm³/mol. The molecule has 4 rings (SSSR count). The minimum atomic E-state index is -0.552. The van der Waals surface area contributed by atoms with Crippen molar-refractivity contribution in [2.45, 2.75) is 40.2 Å². The van der Waals surface area contributed by atoms with Crippen molar-refractivity contribution in [3.8, 4) is 11.5 Å². The SMILES string of the molecule is CCCOc1ccc(C2c3c(oc4cc(C)c(C)cc4c3=O)C(=O)N2C)cc1OCC. The third-order valence-corrected chi connectivity index (χ3v) is 5.76. The van der Waals surface area contributed by atoms with Crippen LogP contribution in [0.2, 0.25) is 0 Å². The second-order valence-electron chi connectivity index (χ2n) is 7.91. The van der Waals surface area contributed by atoms with E-state index in [4.69, 9.17) is 13.9 Å². The van der Waals surface area contributed by atoms with Gasteiger partial charge in [-0.3, -0.25) is 9.59 Å². The van der Waals surface area contributed by atoms with Crippen molar-refractivity contribution in [3.05, 3.63) is 68.6 Å². The lowest BCUT2D eigenvalue weighted by molar-refractivity contribution is 0.0771. The second-order valence-corrected chi connectivity index (χ2v) is 7.91. The van der Waals surface area contributed by atoms with E-state index in [2.05, 4.69) is 0 Å². The molecular weight excluding hydrogens is 394 g/mol. The number of ether oxygens (including phenoxy) is 2. The van der Waals surface area contributed by atoms with Crippen LogP contribution >= 0.6 is 0 Å². The van der Waals surface area contributed by atoms with E-state index in [1.165, 1.54) is 0 Å². The van der Waals surface area contributed by atoms with Crippen LogP contribution in [0.25, 0.3) is 11.0 Å². The summed E-state index contributed by atoms with van der Waals surface area (Å²) in [6, 6.07) is 8.67. The zero-order chi connectivity index (χ0) is 22.3. The molecule has 0 spiro atoms. The number of benzene rings is 2. The monoisotopic (exact) mass is 421 g/mol. The molecule has 1 unspecified atom stereocenters. The zero-order valence-electron chi connectivity index (χ0n) is 18.6. The Morgan fingerprint density at radius 3 is 2.45 bits per heavy atom. The summed E-state index contributed by atoms with van der Waals surface area (Å²) < 4.78 is 17.5. The Kier molecular flexibility index (Phi) is 5.48. The molecule has 3 aromatic rings. The van der Waals surface area contributed by atoms with Gasteiger partial charge >= 0.3 is 0 Å². The van der Waals surface area contributed by atoms with E-state index in [1.54, 1.807) is 11.9 Å². The molecule has 0 bridgehead atoms. The first-order valence-electron chi connectivity index (χ1n) is 10.6. The summed E-state index contributed by atoms with van der Waals surface area (Å²) in [7, 11) is 1.69. The lowest BCUT2D eigenvalue weighted by Crippen LogP contribution is -2.25. The van der Waals surface area contributed by atoms with Crippen LogP contribution in [-0.2, 0) is 0 Å². The molecule has 0 N–H and O–H groups in total. The van der Waals surface area contributed by atoms with Gasteiger partial charge in [0.05, 0.1) is 30.2 Å². The van der Waals surface area contributed by atoms with E-state index in [0.29, 0.717) is 41.2 Å². The topological polar surface area (TPSA) is 69.0 Å². The van der Waals surface area contributed by atoms with Gasteiger partial charge in [0, 0.05) is 7.05 Å². The van der Waals surface area contributed by atoms with Crippen molar-refractivity contribution >= 4 is 16.9 Å². The number of amides is 1. The van der Waals surface area contributed by atoms with Gasteiger partial charge in [-0.25, -0.2) is 0 Å². The molecule has 2 aromatic carbocycles. The summed E-state index contributed by atoms with van der Waals surface area (Å²) in [4.78, 5) is 28.0. The van der Waals surface area contributed by atoms with E-state index in [1.807, 2.05) is 58.0 Å². The molecule has 0 fully saturated rings. The number of carbonyl (C=O) groups is 1. The maximum Gasteiger partial charge on any atom is 0.290 e. The van der Waals surface area contributed by atoms with Crippen LogP contribution in [-0.4, -0.2) is 31.1 Å². The Hall–Kier alpha value is -3.28. The van der Waals surface area contributed by atoms with Crippen molar-refractivity contribution in [2.24, 2.45) is 0 Å². The number of nitrogens with zero attached hydrogens (tertiary/aromatic N) is 1. The van der Waals surface area contributed by atoms with Gasteiger partial charge in [0.1, 0.15) is 5.58 Å². The fourth-order valence-electron chi connectivity index (χ4n) is 4.03. The summed E-state index contributed by atoms with van der Waals surface area (Å²) in [5.41, 5.74) is 3.42. The highest BCUT2D eigenvalue weighted by molar-refractivity contribution is 5.99. The van der Waals surface area contributed by atoms with Gasteiger partial charge in [0.15, 0.2) is 16.9 Å². The molecule has 31 heavy (non-hydrogen) atoms. The molecule has 1 aromatic heterocycles. The highest BCUT2D eigenvalue weighted by Crippen LogP contribution is 2.40.